The highest BCUT2D eigenvalue weighted by molar-refractivity contribution is 7.98. The van der Waals surface area contributed by atoms with Gasteiger partial charge in [0, 0.05) is 17.0 Å². The molecular formula is C14H14ClN3O2S. The molecule has 0 aliphatic carbocycles. The molecule has 0 unspecified atom stereocenters. The second-order valence-electron chi connectivity index (χ2n) is 4.05. The lowest BCUT2D eigenvalue weighted by atomic mass is 10.2. The van der Waals surface area contributed by atoms with Crippen LogP contribution in [0.1, 0.15) is 22.8 Å². The zero-order valence-corrected chi connectivity index (χ0v) is 12.9. The molecule has 21 heavy (non-hydrogen) atoms. The molecule has 0 saturated heterocycles. The van der Waals surface area contributed by atoms with Crippen molar-refractivity contribution in [2.45, 2.75) is 17.8 Å². The Balaban J connectivity index is 2.07. The molecular weight excluding hydrogens is 310 g/mol. The van der Waals surface area contributed by atoms with Gasteiger partial charge in [-0.2, -0.15) is 0 Å². The Bertz CT molecular complexity index is 652. The first-order chi connectivity index (χ1) is 10.1. The van der Waals surface area contributed by atoms with E-state index in [0.717, 1.165) is 5.56 Å². The molecule has 0 amide bonds. The number of nitrogen functional groups attached to an aromatic ring is 1. The standard InChI is InChI=1S/C14H14ClN3O2S/c1-2-20-13(19)10-7-17-14(18-12(10)16)21-8-9-5-3-4-6-11(9)15/h3-7H,2,8H2,1H3,(H2,16,17,18). The van der Waals surface area contributed by atoms with Crippen LogP contribution in [0.2, 0.25) is 5.02 Å². The molecule has 1 heterocycles. The number of anilines is 1. The number of ether oxygens (including phenoxy) is 1. The molecule has 0 spiro atoms. The van der Waals surface area contributed by atoms with Crippen molar-refractivity contribution in [3.63, 3.8) is 0 Å². The number of halogens is 1. The fourth-order valence-corrected chi connectivity index (χ4v) is 2.68. The second-order valence-corrected chi connectivity index (χ2v) is 5.40. The van der Waals surface area contributed by atoms with Crippen LogP contribution in [0.4, 0.5) is 5.82 Å². The highest BCUT2D eigenvalue weighted by atomic mass is 35.5. The van der Waals surface area contributed by atoms with Crippen molar-refractivity contribution in [2.75, 3.05) is 12.3 Å². The Morgan fingerprint density at radius 1 is 1.43 bits per heavy atom. The number of aromatic nitrogens is 2. The summed E-state index contributed by atoms with van der Waals surface area (Å²) in [5.74, 6) is 0.223. The van der Waals surface area contributed by atoms with Crippen LogP contribution < -0.4 is 5.73 Å². The molecule has 5 nitrogen and oxygen atoms in total. The number of carbonyl (C=O) groups excluding carboxylic acids is 1. The third kappa shape index (κ3) is 4.09. The van der Waals surface area contributed by atoms with E-state index in [1.54, 1.807) is 6.92 Å². The summed E-state index contributed by atoms with van der Waals surface area (Å²) in [5, 5.41) is 1.18. The lowest BCUT2D eigenvalue weighted by Crippen LogP contribution is -2.10. The molecule has 0 atom stereocenters. The van der Waals surface area contributed by atoms with E-state index >= 15 is 0 Å². The number of rotatable bonds is 5. The molecule has 1 aromatic carbocycles. The van der Waals surface area contributed by atoms with Gasteiger partial charge in [0.25, 0.3) is 0 Å². The van der Waals surface area contributed by atoms with Gasteiger partial charge >= 0.3 is 5.97 Å². The Labute approximate surface area is 131 Å². The van der Waals surface area contributed by atoms with Gasteiger partial charge in [0.1, 0.15) is 11.4 Å². The zero-order valence-electron chi connectivity index (χ0n) is 11.4. The quantitative estimate of drug-likeness (QED) is 0.517. The van der Waals surface area contributed by atoms with Gasteiger partial charge in [-0.3, -0.25) is 0 Å². The summed E-state index contributed by atoms with van der Waals surface area (Å²) < 4.78 is 4.87. The van der Waals surface area contributed by atoms with Gasteiger partial charge < -0.3 is 10.5 Å². The number of nitrogens with zero attached hydrogens (tertiary/aromatic N) is 2. The van der Waals surface area contributed by atoms with Crippen LogP contribution >= 0.6 is 23.4 Å². The summed E-state index contributed by atoms with van der Waals surface area (Å²) in [7, 11) is 0. The Morgan fingerprint density at radius 2 is 2.19 bits per heavy atom. The number of esters is 1. The van der Waals surface area contributed by atoms with Crippen LogP contribution in [0.3, 0.4) is 0 Å². The Kier molecular flexibility index (Phi) is 5.41. The molecule has 2 N–H and O–H groups in total. The van der Waals surface area contributed by atoms with Crippen LogP contribution in [0.25, 0.3) is 0 Å². The van der Waals surface area contributed by atoms with Crippen molar-refractivity contribution in [1.29, 1.82) is 0 Å². The number of benzene rings is 1. The van der Waals surface area contributed by atoms with E-state index in [1.165, 1.54) is 18.0 Å². The molecule has 0 saturated carbocycles. The maximum absolute atomic E-state index is 11.6. The van der Waals surface area contributed by atoms with Gasteiger partial charge in [-0.05, 0) is 18.6 Å². The highest BCUT2D eigenvalue weighted by Gasteiger charge is 2.14. The number of thioether (sulfide) groups is 1. The number of hydrogen-bond donors (Lipinski definition) is 1. The van der Waals surface area contributed by atoms with Crippen molar-refractivity contribution in [2.24, 2.45) is 0 Å². The summed E-state index contributed by atoms with van der Waals surface area (Å²) in [6.07, 6.45) is 1.38. The summed E-state index contributed by atoms with van der Waals surface area (Å²) in [6, 6.07) is 7.56. The van der Waals surface area contributed by atoms with Gasteiger partial charge in [-0.1, -0.05) is 41.6 Å². The van der Waals surface area contributed by atoms with E-state index in [9.17, 15) is 4.79 Å². The monoisotopic (exact) mass is 323 g/mol. The van der Waals surface area contributed by atoms with E-state index in [1.807, 2.05) is 24.3 Å². The van der Waals surface area contributed by atoms with Crippen molar-refractivity contribution < 1.29 is 9.53 Å². The lowest BCUT2D eigenvalue weighted by molar-refractivity contribution is 0.0526. The van der Waals surface area contributed by atoms with Crippen LogP contribution in [-0.4, -0.2) is 22.5 Å². The van der Waals surface area contributed by atoms with E-state index in [2.05, 4.69) is 9.97 Å². The molecule has 0 aliphatic rings. The third-order valence-electron chi connectivity index (χ3n) is 2.61. The van der Waals surface area contributed by atoms with Gasteiger partial charge in [0.2, 0.25) is 0 Å². The molecule has 7 heteroatoms. The minimum Gasteiger partial charge on any atom is -0.462 e. The lowest BCUT2D eigenvalue weighted by Gasteiger charge is -2.06. The molecule has 110 valence electrons. The van der Waals surface area contributed by atoms with Crippen LogP contribution in [0.5, 0.6) is 0 Å². The van der Waals surface area contributed by atoms with Gasteiger partial charge in [0.05, 0.1) is 6.61 Å². The summed E-state index contributed by atoms with van der Waals surface area (Å²) in [4.78, 5) is 19.8. The van der Waals surface area contributed by atoms with Crippen LogP contribution in [0, 0.1) is 0 Å². The third-order valence-corrected chi connectivity index (χ3v) is 3.89. The fraction of sp³-hybridized carbons (Fsp3) is 0.214. The molecule has 0 radical (unpaired) electrons. The van der Waals surface area contributed by atoms with Gasteiger partial charge in [-0.15, -0.1) is 0 Å². The van der Waals surface area contributed by atoms with E-state index in [0.29, 0.717) is 15.9 Å². The predicted octanol–water partition coefficient (Wildman–Crippen LogP) is 3.18. The number of carbonyl (C=O) groups is 1. The molecule has 1 aromatic heterocycles. The molecule has 0 bridgehead atoms. The minimum atomic E-state index is -0.516. The summed E-state index contributed by atoms with van der Waals surface area (Å²) in [6.45, 7) is 2.00. The normalized spacial score (nSPS) is 10.4. The first-order valence-electron chi connectivity index (χ1n) is 6.27. The maximum Gasteiger partial charge on any atom is 0.343 e. The Hall–Kier alpha value is -1.79. The first kappa shape index (κ1) is 15.6. The average Bonchev–Trinajstić information content (AvgIpc) is 2.46. The maximum atomic E-state index is 11.6. The SMILES string of the molecule is CCOC(=O)c1cnc(SCc2ccccc2Cl)nc1N. The van der Waals surface area contributed by atoms with E-state index < -0.39 is 5.97 Å². The second kappa shape index (κ2) is 7.28. The Morgan fingerprint density at radius 3 is 2.86 bits per heavy atom. The molecule has 2 rings (SSSR count). The minimum absolute atomic E-state index is 0.116. The van der Waals surface area contributed by atoms with Crippen molar-refractivity contribution in [3.05, 3.63) is 46.6 Å². The zero-order chi connectivity index (χ0) is 15.2. The average molecular weight is 324 g/mol. The highest BCUT2D eigenvalue weighted by Crippen LogP contribution is 2.25. The fourth-order valence-electron chi connectivity index (χ4n) is 1.57. The topological polar surface area (TPSA) is 78.1 Å². The van der Waals surface area contributed by atoms with Crippen LogP contribution in [0.15, 0.2) is 35.6 Å². The first-order valence-corrected chi connectivity index (χ1v) is 7.64. The van der Waals surface area contributed by atoms with Gasteiger partial charge in [0.15, 0.2) is 5.16 Å². The van der Waals surface area contributed by atoms with E-state index in [-0.39, 0.29) is 18.0 Å². The summed E-state index contributed by atoms with van der Waals surface area (Å²) in [5.41, 5.74) is 6.93. The van der Waals surface area contributed by atoms with Crippen molar-refractivity contribution in [3.8, 4) is 0 Å². The molecule has 0 aliphatic heterocycles. The van der Waals surface area contributed by atoms with Crippen molar-refractivity contribution >= 4 is 35.1 Å². The predicted molar refractivity (Wildman–Crippen MR) is 83.4 cm³/mol. The van der Waals surface area contributed by atoms with Gasteiger partial charge in [-0.25, -0.2) is 14.8 Å². The molecule has 0 fully saturated rings. The van der Waals surface area contributed by atoms with E-state index in [4.69, 9.17) is 22.1 Å². The summed E-state index contributed by atoms with van der Waals surface area (Å²) >= 11 is 7.48. The molecule has 2 aromatic rings. The largest absolute Gasteiger partial charge is 0.462 e. The number of nitrogens with two attached hydrogens (primary N) is 1. The van der Waals surface area contributed by atoms with Crippen LogP contribution in [-0.2, 0) is 10.5 Å². The smallest absolute Gasteiger partial charge is 0.343 e. The van der Waals surface area contributed by atoms with Crippen molar-refractivity contribution in [1.82, 2.24) is 9.97 Å². The number of hydrogen-bond acceptors (Lipinski definition) is 6.